The van der Waals surface area contributed by atoms with Gasteiger partial charge >= 0.3 is 0 Å². The fourth-order valence-corrected chi connectivity index (χ4v) is 3.61. The van der Waals surface area contributed by atoms with E-state index in [1.165, 1.54) is 5.56 Å². The van der Waals surface area contributed by atoms with Gasteiger partial charge in [-0.15, -0.1) is 0 Å². The third-order valence-electron chi connectivity index (χ3n) is 4.94. The van der Waals surface area contributed by atoms with Crippen LogP contribution in [0, 0.1) is 0 Å². The molecule has 128 valence electrons. The molecule has 3 nitrogen and oxygen atoms in total. The fourth-order valence-electron chi connectivity index (χ4n) is 3.61. The predicted molar refractivity (Wildman–Crippen MR) is 98.8 cm³/mol. The highest BCUT2D eigenvalue weighted by atomic mass is 16.5. The number of hydrogen-bond acceptors (Lipinski definition) is 3. The number of rotatable bonds is 4. The highest BCUT2D eigenvalue weighted by Crippen LogP contribution is 2.41. The molecule has 0 N–H and O–H groups in total. The van der Waals surface area contributed by atoms with E-state index in [2.05, 4.69) is 37.8 Å². The molecule has 0 amide bonds. The Bertz CT molecular complexity index is 864. The van der Waals surface area contributed by atoms with Gasteiger partial charge in [-0.05, 0) is 54.2 Å². The first-order valence-corrected chi connectivity index (χ1v) is 8.95. The molecule has 3 heteroatoms. The van der Waals surface area contributed by atoms with E-state index in [1.807, 2.05) is 6.07 Å². The monoisotopic (exact) mass is 334 g/mol. The van der Waals surface area contributed by atoms with Crippen molar-refractivity contribution in [2.45, 2.75) is 39.2 Å². The zero-order valence-electron chi connectivity index (χ0n) is 14.6. The van der Waals surface area contributed by atoms with E-state index in [0.29, 0.717) is 25.4 Å². The summed E-state index contributed by atoms with van der Waals surface area (Å²) in [7, 11) is 0. The summed E-state index contributed by atoms with van der Waals surface area (Å²) < 4.78 is 11.6. The van der Waals surface area contributed by atoms with Crippen molar-refractivity contribution >= 4 is 11.5 Å². The van der Waals surface area contributed by atoms with Gasteiger partial charge in [-0.2, -0.15) is 0 Å². The van der Waals surface area contributed by atoms with E-state index in [0.717, 1.165) is 52.8 Å². The van der Waals surface area contributed by atoms with Crippen molar-refractivity contribution in [2.24, 2.45) is 0 Å². The molecule has 4 rings (SSSR count). The second-order valence-electron chi connectivity index (χ2n) is 6.71. The summed E-state index contributed by atoms with van der Waals surface area (Å²) in [5.74, 6) is 1.75. The van der Waals surface area contributed by atoms with Crippen LogP contribution >= 0.6 is 0 Å². The minimum atomic E-state index is 0.234. The van der Waals surface area contributed by atoms with Gasteiger partial charge in [0.25, 0.3) is 0 Å². The second-order valence-corrected chi connectivity index (χ2v) is 6.71. The zero-order valence-corrected chi connectivity index (χ0v) is 14.6. The maximum Gasteiger partial charge on any atom is 0.163 e. The molecule has 1 aliphatic heterocycles. The van der Waals surface area contributed by atoms with E-state index >= 15 is 0 Å². The predicted octanol–water partition coefficient (Wildman–Crippen LogP) is 5.16. The molecule has 2 aliphatic rings. The Balaban J connectivity index is 1.72. The number of fused-ring (bicyclic) bond motifs is 4. The Morgan fingerprint density at radius 2 is 2.00 bits per heavy atom. The van der Waals surface area contributed by atoms with Crippen LogP contribution in [0.3, 0.4) is 0 Å². The zero-order chi connectivity index (χ0) is 17.4. The Labute approximate surface area is 148 Å². The number of hydrogen-bond donors (Lipinski definition) is 0. The normalized spacial score (nSPS) is 14.8. The summed E-state index contributed by atoms with van der Waals surface area (Å²) in [6.45, 7) is 7.28. The molecule has 1 aliphatic carbocycles. The van der Waals surface area contributed by atoms with Crippen LogP contribution in [0.15, 0.2) is 36.9 Å². The summed E-state index contributed by atoms with van der Waals surface area (Å²) in [6.07, 6.45) is 3.51. The molecule has 0 bridgehead atoms. The fraction of sp³-hybridized carbons (Fsp3) is 0.318. The average Bonchev–Trinajstić information content (AvgIpc) is 2.64. The van der Waals surface area contributed by atoms with Crippen LogP contribution in [0.5, 0.6) is 5.75 Å². The molecule has 0 radical (unpaired) electrons. The molecule has 0 spiro atoms. The van der Waals surface area contributed by atoms with Crippen LogP contribution in [0.25, 0.3) is 16.9 Å². The summed E-state index contributed by atoms with van der Waals surface area (Å²) >= 11 is 0. The molecule has 2 aromatic rings. The Hall–Kier alpha value is -2.55. The molecule has 1 heterocycles. The lowest BCUT2D eigenvalue weighted by Gasteiger charge is -2.25. The third kappa shape index (κ3) is 2.84. The third-order valence-corrected chi connectivity index (χ3v) is 4.94. The van der Waals surface area contributed by atoms with Gasteiger partial charge in [0.2, 0.25) is 0 Å². The van der Waals surface area contributed by atoms with Crippen molar-refractivity contribution in [3.8, 4) is 16.9 Å². The number of ether oxygens (including phenoxy) is 2. The topological polar surface area (TPSA) is 35.5 Å². The standard InChI is InChI=1S/C22H22O3/c1-3-9-24-14(2)15-7-8-18-17(10-15)13-25-22-12-19-16(11-20(18)22)5-4-6-21(19)23/h7-8,10-12H,2-6,9,13H2,1H3. The number of benzene rings is 2. The molecule has 25 heavy (non-hydrogen) atoms. The van der Waals surface area contributed by atoms with Crippen LogP contribution in [0.4, 0.5) is 0 Å². The van der Waals surface area contributed by atoms with Crippen molar-refractivity contribution < 1.29 is 14.3 Å². The van der Waals surface area contributed by atoms with Gasteiger partial charge in [0, 0.05) is 23.1 Å². The molecule has 2 aromatic carbocycles. The number of Topliss-reactive ketones (excluding diaryl/α,β-unsaturated/α-hetero) is 1. The number of ketones is 1. The Morgan fingerprint density at radius 1 is 1.12 bits per heavy atom. The molecular weight excluding hydrogens is 312 g/mol. The Kier molecular flexibility index (Phi) is 4.08. The first kappa shape index (κ1) is 15.9. The lowest BCUT2D eigenvalue weighted by molar-refractivity contribution is 0.0972. The lowest BCUT2D eigenvalue weighted by Crippen LogP contribution is -2.13. The quantitative estimate of drug-likeness (QED) is 0.724. The summed E-state index contributed by atoms with van der Waals surface area (Å²) in [5.41, 5.74) is 6.37. The van der Waals surface area contributed by atoms with Gasteiger partial charge < -0.3 is 9.47 Å². The van der Waals surface area contributed by atoms with E-state index < -0.39 is 0 Å². The van der Waals surface area contributed by atoms with E-state index in [-0.39, 0.29) is 5.78 Å². The highest BCUT2D eigenvalue weighted by molar-refractivity contribution is 6.00. The smallest absolute Gasteiger partial charge is 0.163 e. The molecule has 0 saturated carbocycles. The maximum absolute atomic E-state index is 12.1. The van der Waals surface area contributed by atoms with Gasteiger partial charge in [-0.1, -0.05) is 25.6 Å². The molecule has 0 aromatic heterocycles. The van der Waals surface area contributed by atoms with Crippen molar-refractivity contribution in [1.29, 1.82) is 0 Å². The van der Waals surface area contributed by atoms with Crippen LogP contribution in [-0.2, 0) is 17.8 Å². The minimum Gasteiger partial charge on any atom is -0.494 e. The van der Waals surface area contributed by atoms with E-state index in [1.54, 1.807) is 0 Å². The van der Waals surface area contributed by atoms with Gasteiger partial charge in [0.15, 0.2) is 5.78 Å². The number of carbonyl (C=O) groups is 1. The summed E-state index contributed by atoms with van der Waals surface area (Å²) in [6, 6.07) is 10.3. The van der Waals surface area contributed by atoms with Gasteiger partial charge in [-0.25, -0.2) is 0 Å². The summed E-state index contributed by atoms with van der Waals surface area (Å²) in [4.78, 5) is 12.1. The van der Waals surface area contributed by atoms with E-state index in [4.69, 9.17) is 9.47 Å². The van der Waals surface area contributed by atoms with Crippen molar-refractivity contribution in [3.63, 3.8) is 0 Å². The van der Waals surface area contributed by atoms with Gasteiger partial charge in [-0.3, -0.25) is 4.79 Å². The summed E-state index contributed by atoms with van der Waals surface area (Å²) in [5, 5.41) is 0. The highest BCUT2D eigenvalue weighted by Gasteiger charge is 2.24. The maximum atomic E-state index is 12.1. The lowest BCUT2D eigenvalue weighted by atomic mass is 9.86. The number of carbonyl (C=O) groups excluding carboxylic acids is 1. The van der Waals surface area contributed by atoms with Crippen LogP contribution in [0.2, 0.25) is 0 Å². The molecule has 0 fully saturated rings. The van der Waals surface area contributed by atoms with Crippen molar-refractivity contribution in [1.82, 2.24) is 0 Å². The van der Waals surface area contributed by atoms with Crippen LogP contribution < -0.4 is 4.74 Å². The number of aryl methyl sites for hydroxylation is 1. The van der Waals surface area contributed by atoms with Crippen LogP contribution in [0.1, 0.15) is 53.2 Å². The second kappa shape index (κ2) is 6.40. The van der Waals surface area contributed by atoms with Crippen molar-refractivity contribution in [2.75, 3.05) is 6.61 Å². The molecule has 0 atom stereocenters. The minimum absolute atomic E-state index is 0.234. The first-order valence-electron chi connectivity index (χ1n) is 8.95. The largest absolute Gasteiger partial charge is 0.494 e. The van der Waals surface area contributed by atoms with Crippen molar-refractivity contribution in [3.05, 3.63) is 59.2 Å². The first-order chi connectivity index (χ1) is 12.2. The van der Waals surface area contributed by atoms with E-state index in [9.17, 15) is 4.79 Å². The Morgan fingerprint density at radius 3 is 2.84 bits per heavy atom. The van der Waals surface area contributed by atoms with Gasteiger partial charge in [0.05, 0.1) is 6.61 Å². The van der Waals surface area contributed by atoms with Gasteiger partial charge in [0.1, 0.15) is 18.1 Å². The molecule has 0 unspecified atom stereocenters. The SMILES string of the molecule is C=C(OCCC)c1ccc2c(c1)COc1cc3c(cc1-2)CCCC3=O. The van der Waals surface area contributed by atoms with Crippen LogP contribution in [-0.4, -0.2) is 12.4 Å². The molecule has 0 saturated heterocycles. The average molecular weight is 334 g/mol. The molecular formula is C22H22O3.